The molecular formula is C22H14ClN3O2S. The monoisotopic (exact) mass is 419 g/mol. The Morgan fingerprint density at radius 2 is 2.00 bits per heavy atom. The molecule has 5 nitrogen and oxygen atoms in total. The van der Waals surface area contributed by atoms with Crippen LogP contribution in [0.25, 0.3) is 17.4 Å². The summed E-state index contributed by atoms with van der Waals surface area (Å²) >= 11 is 7.36. The van der Waals surface area contributed by atoms with E-state index in [1.54, 1.807) is 36.4 Å². The second-order valence-corrected chi connectivity index (χ2v) is 7.66. The fourth-order valence-electron chi connectivity index (χ4n) is 2.81. The van der Waals surface area contributed by atoms with E-state index in [1.807, 2.05) is 31.2 Å². The lowest BCUT2D eigenvalue weighted by atomic mass is 10.1. The van der Waals surface area contributed by atoms with Crippen LogP contribution >= 0.6 is 23.4 Å². The molecule has 1 aromatic heterocycles. The van der Waals surface area contributed by atoms with E-state index in [2.05, 4.69) is 16.4 Å². The number of nitrogens with one attached hydrogen (secondary N) is 1. The van der Waals surface area contributed by atoms with E-state index in [0.717, 1.165) is 5.56 Å². The van der Waals surface area contributed by atoms with E-state index in [9.17, 15) is 10.1 Å². The van der Waals surface area contributed by atoms with Gasteiger partial charge in [-0.05, 0) is 60.6 Å². The molecule has 2 aromatic carbocycles. The average molecular weight is 420 g/mol. The molecule has 3 aromatic rings. The van der Waals surface area contributed by atoms with Crippen molar-refractivity contribution < 1.29 is 9.21 Å². The van der Waals surface area contributed by atoms with Gasteiger partial charge in [-0.25, -0.2) is 4.99 Å². The SMILES string of the molecule is Cc1c(Cl)cccc1N=C1NC(=O)/C(=C\c2ccc(-c3ccccc3C#N)o2)S1. The Balaban J connectivity index is 1.59. The molecule has 1 saturated heterocycles. The van der Waals surface area contributed by atoms with Gasteiger partial charge in [-0.3, -0.25) is 4.79 Å². The maximum Gasteiger partial charge on any atom is 0.264 e. The lowest BCUT2D eigenvalue weighted by Crippen LogP contribution is -2.19. The number of hydrogen-bond acceptors (Lipinski definition) is 5. The number of rotatable bonds is 3. The number of aliphatic imine (C=N–C) groups is 1. The van der Waals surface area contributed by atoms with E-state index in [4.69, 9.17) is 16.0 Å². The van der Waals surface area contributed by atoms with Crippen molar-refractivity contribution >= 4 is 46.2 Å². The molecule has 1 aliphatic heterocycles. The summed E-state index contributed by atoms with van der Waals surface area (Å²) in [6.45, 7) is 1.88. The highest BCUT2D eigenvalue weighted by Crippen LogP contribution is 2.32. The Morgan fingerprint density at radius 3 is 2.83 bits per heavy atom. The molecule has 4 rings (SSSR count). The topological polar surface area (TPSA) is 78.4 Å². The molecule has 0 aliphatic carbocycles. The van der Waals surface area contributed by atoms with Crippen molar-refractivity contribution in [2.24, 2.45) is 4.99 Å². The standard InChI is InChI=1S/C22H14ClN3O2S/c1-13-17(23)7-4-8-18(13)25-22-26-21(27)20(29-22)11-15-9-10-19(28-15)16-6-3-2-5-14(16)12-24/h2-11H,1H3,(H,25,26,27)/b20-11+. The number of thioether (sulfide) groups is 1. The quantitative estimate of drug-likeness (QED) is 0.554. The third-order valence-corrected chi connectivity index (χ3v) is 5.64. The molecule has 0 radical (unpaired) electrons. The third kappa shape index (κ3) is 3.97. The Hall–Kier alpha value is -3.27. The molecule has 0 unspecified atom stereocenters. The summed E-state index contributed by atoms with van der Waals surface area (Å²) in [5.74, 6) is 0.843. The fraction of sp³-hybridized carbons (Fsp3) is 0.0455. The molecule has 1 fully saturated rings. The molecule has 142 valence electrons. The van der Waals surface area contributed by atoms with Crippen LogP contribution in [0.2, 0.25) is 5.02 Å². The lowest BCUT2D eigenvalue weighted by molar-refractivity contribution is -0.115. The van der Waals surface area contributed by atoms with Crippen LogP contribution in [-0.4, -0.2) is 11.1 Å². The van der Waals surface area contributed by atoms with Crippen molar-refractivity contribution in [1.29, 1.82) is 5.26 Å². The first-order valence-corrected chi connectivity index (χ1v) is 9.88. The largest absolute Gasteiger partial charge is 0.457 e. The molecule has 7 heteroatoms. The number of carbonyl (C=O) groups excluding carboxylic acids is 1. The van der Waals surface area contributed by atoms with Gasteiger partial charge < -0.3 is 9.73 Å². The maximum atomic E-state index is 12.3. The molecule has 1 amide bonds. The normalized spacial score (nSPS) is 16.2. The Kier molecular flexibility index (Phi) is 5.26. The van der Waals surface area contributed by atoms with E-state index in [1.165, 1.54) is 11.8 Å². The maximum absolute atomic E-state index is 12.3. The molecule has 0 saturated carbocycles. The van der Waals surface area contributed by atoms with Gasteiger partial charge in [0, 0.05) is 16.7 Å². The number of furan rings is 1. The number of carbonyl (C=O) groups is 1. The zero-order valence-electron chi connectivity index (χ0n) is 15.3. The Labute approximate surface area is 176 Å². The zero-order valence-corrected chi connectivity index (χ0v) is 16.8. The molecular weight excluding hydrogens is 406 g/mol. The van der Waals surface area contributed by atoms with Crippen LogP contribution in [0.4, 0.5) is 5.69 Å². The minimum atomic E-state index is -0.246. The van der Waals surface area contributed by atoms with Crippen molar-refractivity contribution in [3.05, 3.63) is 81.4 Å². The van der Waals surface area contributed by atoms with Crippen molar-refractivity contribution in [2.75, 3.05) is 0 Å². The number of amides is 1. The minimum absolute atomic E-state index is 0.246. The van der Waals surface area contributed by atoms with Crippen molar-refractivity contribution in [2.45, 2.75) is 6.92 Å². The smallest absolute Gasteiger partial charge is 0.264 e. The number of amidine groups is 1. The van der Waals surface area contributed by atoms with Gasteiger partial charge in [0.15, 0.2) is 5.17 Å². The van der Waals surface area contributed by atoms with Crippen molar-refractivity contribution in [3.63, 3.8) is 0 Å². The predicted molar refractivity (Wildman–Crippen MR) is 116 cm³/mol. The lowest BCUT2D eigenvalue weighted by Gasteiger charge is -2.02. The third-order valence-electron chi connectivity index (χ3n) is 4.33. The van der Waals surface area contributed by atoms with Crippen molar-refractivity contribution in [3.8, 4) is 17.4 Å². The molecule has 29 heavy (non-hydrogen) atoms. The summed E-state index contributed by atoms with van der Waals surface area (Å²) in [5, 5.41) is 13.1. The molecule has 0 bridgehead atoms. The van der Waals surface area contributed by atoms with Gasteiger partial charge in [-0.15, -0.1) is 0 Å². The van der Waals surface area contributed by atoms with E-state index < -0.39 is 0 Å². The number of benzene rings is 2. The van der Waals surface area contributed by atoms with Crippen LogP contribution in [0.15, 0.2) is 68.9 Å². The summed E-state index contributed by atoms with van der Waals surface area (Å²) < 4.78 is 5.83. The average Bonchev–Trinajstić information content (AvgIpc) is 3.32. The summed E-state index contributed by atoms with van der Waals surface area (Å²) in [6.07, 6.45) is 1.66. The van der Waals surface area contributed by atoms with Crippen LogP contribution in [0, 0.1) is 18.3 Å². The molecule has 1 aliphatic rings. The second kappa shape index (κ2) is 8.00. The number of nitriles is 1. The van der Waals surface area contributed by atoms with Crippen LogP contribution in [0.5, 0.6) is 0 Å². The van der Waals surface area contributed by atoms with Crippen LogP contribution < -0.4 is 5.32 Å². The van der Waals surface area contributed by atoms with Gasteiger partial charge in [0.2, 0.25) is 0 Å². The van der Waals surface area contributed by atoms with Crippen molar-refractivity contribution in [1.82, 2.24) is 5.32 Å². The number of halogens is 1. The summed E-state index contributed by atoms with van der Waals surface area (Å²) in [7, 11) is 0. The first-order chi connectivity index (χ1) is 14.0. The molecule has 1 N–H and O–H groups in total. The fourth-order valence-corrected chi connectivity index (χ4v) is 3.79. The van der Waals surface area contributed by atoms with E-state index >= 15 is 0 Å². The van der Waals surface area contributed by atoms with Gasteiger partial charge in [0.05, 0.1) is 22.2 Å². The van der Waals surface area contributed by atoms with Gasteiger partial charge >= 0.3 is 0 Å². The second-order valence-electron chi connectivity index (χ2n) is 6.23. The van der Waals surface area contributed by atoms with E-state index in [0.29, 0.717) is 43.4 Å². The van der Waals surface area contributed by atoms with Gasteiger partial charge in [0.25, 0.3) is 5.91 Å². The van der Waals surface area contributed by atoms with Crippen LogP contribution in [0.3, 0.4) is 0 Å². The summed E-state index contributed by atoms with van der Waals surface area (Å²) in [5.41, 5.74) is 2.79. The van der Waals surface area contributed by atoms with E-state index in [-0.39, 0.29) is 5.91 Å². The number of hydrogen-bond donors (Lipinski definition) is 1. The Morgan fingerprint density at radius 1 is 1.17 bits per heavy atom. The Bertz CT molecular complexity index is 1220. The molecule has 0 spiro atoms. The molecule has 0 atom stereocenters. The van der Waals surface area contributed by atoms with Gasteiger partial charge in [-0.1, -0.05) is 29.8 Å². The summed E-state index contributed by atoms with van der Waals surface area (Å²) in [6, 6.07) is 18.4. The van der Waals surface area contributed by atoms with Gasteiger partial charge in [0.1, 0.15) is 11.5 Å². The van der Waals surface area contributed by atoms with Gasteiger partial charge in [-0.2, -0.15) is 5.26 Å². The summed E-state index contributed by atoms with van der Waals surface area (Å²) in [4.78, 5) is 17.3. The molecule has 2 heterocycles. The zero-order chi connectivity index (χ0) is 20.4. The highest BCUT2D eigenvalue weighted by molar-refractivity contribution is 8.18. The van der Waals surface area contributed by atoms with Crippen LogP contribution in [0.1, 0.15) is 16.9 Å². The first-order valence-electron chi connectivity index (χ1n) is 8.69. The predicted octanol–water partition coefficient (Wildman–Crippen LogP) is 5.67. The minimum Gasteiger partial charge on any atom is -0.457 e. The highest BCUT2D eigenvalue weighted by Gasteiger charge is 2.24. The highest BCUT2D eigenvalue weighted by atomic mass is 35.5. The number of nitrogens with zero attached hydrogens (tertiary/aromatic N) is 2. The first kappa shape index (κ1) is 19.1. The van der Waals surface area contributed by atoms with Crippen LogP contribution in [-0.2, 0) is 4.79 Å².